The van der Waals surface area contributed by atoms with Crippen molar-refractivity contribution in [2.24, 2.45) is 0 Å². The molecule has 2 heterocycles. The zero-order chi connectivity index (χ0) is 16.0. The summed E-state index contributed by atoms with van der Waals surface area (Å²) in [6.07, 6.45) is 0.993. The number of rotatable bonds is 3. The summed E-state index contributed by atoms with van der Waals surface area (Å²) in [5.41, 5.74) is 12.5. The van der Waals surface area contributed by atoms with Crippen LogP contribution < -0.4 is 5.73 Å². The molecule has 0 aliphatic heterocycles. The lowest BCUT2D eigenvalue weighted by Crippen LogP contribution is -2.00. The molecule has 2 aromatic heterocycles. The van der Waals surface area contributed by atoms with Crippen molar-refractivity contribution < 1.29 is 0 Å². The van der Waals surface area contributed by atoms with E-state index in [4.69, 9.17) is 10.7 Å². The fourth-order valence-corrected chi connectivity index (χ4v) is 4.10. The van der Waals surface area contributed by atoms with Gasteiger partial charge in [-0.2, -0.15) is 0 Å². The second kappa shape index (κ2) is 5.43. The van der Waals surface area contributed by atoms with Gasteiger partial charge in [-0.15, -0.1) is 11.3 Å². The average molecular weight is 313 g/mol. The molecule has 0 fully saturated rings. The third-order valence-electron chi connectivity index (χ3n) is 4.12. The Bertz CT molecular complexity index is 840. The summed E-state index contributed by atoms with van der Waals surface area (Å²) in [4.78, 5) is 7.12. The van der Waals surface area contributed by atoms with Gasteiger partial charge in [0.1, 0.15) is 5.82 Å². The third kappa shape index (κ3) is 2.22. The van der Waals surface area contributed by atoms with Crippen LogP contribution in [0.5, 0.6) is 0 Å². The Morgan fingerprint density at radius 3 is 2.59 bits per heavy atom. The van der Waals surface area contributed by atoms with E-state index in [1.165, 1.54) is 27.3 Å². The Hall–Kier alpha value is -1.81. The normalized spacial score (nSPS) is 11.7. The number of hydrogen-bond donors (Lipinski definition) is 1. The van der Waals surface area contributed by atoms with Crippen LogP contribution in [-0.2, 0) is 6.42 Å². The van der Waals surface area contributed by atoms with E-state index in [2.05, 4.69) is 57.2 Å². The first kappa shape index (κ1) is 15.1. The molecule has 0 atom stereocenters. The molecule has 0 unspecified atom stereocenters. The number of nitrogens with zero attached hydrogens (tertiary/aromatic N) is 2. The van der Waals surface area contributed by atoms with Crippen LogP contribution in [0.15, 0.2) is 18.2 Å². The number of thiazole rings is 1. The molecule has 0 saturated heterocycles. The number of hydrogen-bond acceptors (Lipinski definition) is 3. The van der Waals surface area contributed by atoms with Crippen LogP contribution in [-0.4, -0.2) is 9.38 Å². The number of fused-ring (bicyclic) bond motifs is 1. The number of nitrogen functional groups attached to an aromatic ring is 1. The second-order valence-electron chi connectivity index (χ2n) is 6.20. The van der Waals surface area contributed by atoms with Gasteiger partial charge in [0.05, 0.1) is 11.4 Å². The number of aryl methyl sites for hydroxylation is 3. The first-order valence-electron chi connectivity index (χ1n) is 7.81. The van der Waals surface area contributed by atoms with E-state index in [1.54, 1.807) is 11.3 Å². The molecule has 0 radical (unpaired) electrons. The highest BCUT2D eigenvalue weighted by Crippen LogP contribution is 2.38. The number of benzene rings is 1. The summed E-state index contributed by atoms with van der Waals surface area (Å²) >= 11 is 1.76. The van der Waals surface area contributed by atoms with E-state index in [-0.39, 0.29) is 0 Å². The summed E-state index contributed by atoms with van der Waals surface area (Å²) in [6, 6.07) is 6.61. The van der Waals surface area contributed by atoms with Gasteiger partial charge < -0.3 is 5.73 Å². The topological polar surface area (TPSA) is 43.3 Å². The molecule has 3 rings (SSSR count). The van der Waals surface area contributed by atoms with Gasteiger partial charge in [-0.3, -0.25) is 4.40 Å². The lowest BCUT2D eigenvalue weighted by atomic mass is 10.0. The van der Waals surface area contributed by atoms with Crippen LogP contribution in [0, 0.1) is 13.8 Å². The summed E-state index contributed by atoms with van der Waals surface area (Å²) in [5, 5.41) is 0. The van der Waals surface area contributed by atoms with Crippen LogP contribution in [0.4, 0.5) is 5.82 Å². The van der Waals surface area contributed by atoms with E-state index < -0.39 is 0 Å². The molecule has 0 bridgehead atoms. The highest BCUT2D eigenvalue weighted by atomic mass is 32.1. The maximum absolute atomic E-state index is 6.43. The maximum atomic E-state index is 6.43. The van der Waals surface area contributed by atoms with E-state index in [9.17, 15) is 0 Å². The summed E-state index contributed by atoms with van der Waals surface area (Å²) in [5.74, 6) is 1.13. The molecule has 0 saturated carbocycles. The molecular formula is C18H23N3S. The van der Waals surface area contributed by atoms with Gasteiger partial charge >= 0.3 is 0 Å². The van der Waals surface area contributed by atoms with Crippen LogP contribution in [0.1, 0.15) is 48.4 Å². The number of anilines is 1. The molecule has 1 aromatic carbocycles. The Balaban J connectivity index is 2.35. The van der Waals surface area contributed by atoms with Gasteiger partial charge in [-0.1, -0.05) is 44.5 Å². The van der Waals surface area contributed by atoms with E-state index in [0.717, 1.165) is 22.9 Å². The summed E-state index contributed by atoms with van der Waals surface area (Å²) in [6.45, 7) is 10.8. The molecule has 22 heavy (non-hydrogen) atoms. The maximum Gasteiger partial charge on any atom is 0.196 e. The van der Waals surface area contributed by atoms with Crippen molar-refractivity contribution in [1.29, 1.82) is 0 Å². The molecular weight excluding hydrogens is 290 g/mol. The standard InChI is InChI=1S/C18H23N3S/c1-6-14-16(13-8-7-11(4)9-12(13)5)21-17(19)15(10(2)3)20-18(21)22-14/h7-10H,6,19H2,1-5H3. The highest BCUT2D eigenvalue weighted by molar-refractivity contribution is 7.17. The van der Waals surface area contributed by atoms with Crippen LogP contribution in [0.2, 0.25) is 0 Å². The van der Waals surface area contributed by atoms with Gasteiger partial charge in [0.25, 0.3) is 0 Å². The second-order valence-corrected chi connectivity index (χ2v) is 7.26. The zero-order valence-corrected chi connectivity index (χ0v) is 14.7. The van der Waals surface area contributed by atoms with Crippen LogP contribution in [0.25, 0.3) is 16.2 Å². The predicted molar refractivity (Wildman–Crippen MR) is 95.9 cm³/mol. The van der Waals surface area contributed by atoms with Crippen LogP contribution in [0.3, 0.4) is 0 Å². The fraction of sp³-hybridized carbons (Fsp3) is 0.389. The van der Waals surface area contributed by atoms with Crippen molar-refractivity contribution >= 4 is 22.1 Å². The van der Waals surface area contributed by atoms with Crippen molar-refractivity contribution in [2.75, 3.05) is 5.73 Å². The zero-order valence-electron chi connectivity index (χ0n) is 13.9. The van der Waals surface area contributed by atoms with E-state index in [0.29, 0.717) is 5.92 Å². The average Bonchev–Trinajstić information content (AvgIpc) is 2.96. The third-order valence-corrected chi connectivity index (χ3v) is 5.30. The molecule has 2 N–H and O–H groups in total. The molecule has 0 aliphatic carbocycles. The SMILES string of the molecule is CCc1sc2nc(C(C)C)c(N)n2c1-c1ccc(C)cc1C. The molecule has 3 nitrogen and oxygen atoms in total. The fourth-order valence-electron chi connectivity index (χ4n) is 3.01. The minimum absolute atomic E-state index is 0.337. The Labute approximate surface area is 135 Å². The summed E-state index contributed by atoms with van der Waals surface area (Å²) in [7, 11) is 0. The first-order chi connectivity index (χ1) is 10.4. The number of aromatic nitrogens is 2. The van der Waals surface area contributed by atoms with Crippen molar-refractivity contribution in [1.82, 2.24) is 9.38 Å². The Kier molecular flexibility index (Phi) is 3.73. The molecule has 3 aromatic rings. The molecule has 0 aliphatic rings. The lowest BCUT2D eigenvalue weighted by Gasteiger charge is -2.10. The summed E-state index contributed by atoms with van der Waals surface area (Å²) < 4.78 is 2.15. The number of imidazole rings is 1. The van der Waals surface area contributed by atoms with Crippen molar-refractivity contribution in [3.63, 3.8) is 0 Å². The molecule has 0 spiro atoms. The van der Waals surface area contributed by atoms with Gasteiger partial charge in [-0.05, 0) is 31.7 Å². The van der Waals surface area contributed by atoms with Gasteiger partial charge in [0.2, 0.25) is 0 Å². The molecule has 116 valence electrons. The van der Waals surface area contributed by atoms with Gasteiger partial charge in [-0.25, -0.2) is 4.98 Å². The molecule has 4 heteroatoms. The van der Waals surface area contributed by atoms with Gasteiger partial charge in [0.15, 0.2) is 4.96 Å². The quantitative estimate of drug-likeness (QED) is 0.743. The molecule has 0 amide bonds. The monoisotopic (exact) mass is 313 g/mol. The Morgan fingerprint density at radius 2 is 2.00 bits per heavy atom. The predicted octanol–water partition coefficient (Wildman–Crippen LogP) is 4.95. The minimum atomic E-state index is 0.337. The highest BCUT2D eigenvalue weighted by Gasteiger charge is 2.21. The van der Waals surface area contributed by atoms with Crippen molar-refractivity contribution in [3.05, 3.63) is 39.9 Å². The van der Waals surface area contributed by atoms with Crippen molar-refractivity contribution in [2.45, 2.75) is 47.0 Å². The number of nitrogens with two attached hydrogens (primary N) is 1. The van der Waals surface area contributed by atoms with E-state index in [1.807, 2.05) is 0 Å². The Morgan fingerprint density at radius 1 is 1.27 bits per heavy atom. The van der Waals surface area contributed by atoms with Crippen molar-refractivity contribution in [3.8, 4) is 11.3 Å². The minimum Gasteiger partial charge on any atom is -0.383 e. The van der Waals surface area contributed by atoms with Gasteiger partial charge in [0, 0.05) is 10.4 Å². The lowest BCUT2D eigenvalue weighted by molar-refractivity contribution is 0.838. The largest absolute Gasteiger partial charge is 0.383 e. The van der Waals surface area contributed by atoms with E-state index >= 15 is 0 Å². The first-order valence-corrected chi connectivity index (χ1v) is 8.62. The smallest absolute Gasteiger partial charge is 0.196 e. The van der Waals surface area contributed by atoms with Crippen LogP contribution >= 0.6 is 11.3 Å².